The molecule has 1 aromatic carbocycles. The van der Waals surface area contributed by atoms with Crippen molar-refractivity contribution >= 4 is 11.6 Å². The molecule has 108 valence electrons. The number of hydrogen-bond donors (Lipinski definition) is 2. The van der Waals surface area contributed by atoms with E-state index in [1.807, 2.05) is 23.1 Å². The van der Waals surface area contributed by atoms with Gasteiger partial charge in [-0.15, -0.1) is 0 Å². The van der Waals surface area contributed by atoms with Crippen LogP contribution < -0.4 is 5.32 Å². The molecule has 1 aromatic rings. The minimum absolute atomic E-state index is 0.109. The summed E-state index contributed by atoms with van der Waals surface area (Å²) >= 11 is 0. The first-order chi connectivity index (χ1) is 9.78. The maximum Gasteiger partial charge on any atom is 0.245 e. The smallest absolute Gasteiger partial charge is 0.245 e. The number of aliphatic hydroxyl groups excluding tert-OH is 1. The van der Waals surface area contributed by atoms with Crippen molar-refractivity contribution in [2.75, 3.05) is 25.0 Å². The third-order valence-corrected chi connectivity index (χ3v) is 4.44. The molecular formula is C16H22N2O2. The van der Waals surface area contributed by atoms with Gasteiger partial charge in [0.25, 0.3) is 0 Å². The Balaban J connectivity index is 1.67. The summed E-state index contributed by atoms with van der Waals surface area (Å²) in [5.74, 6) is 0.446. The zero-order chi connectivity index (χ0) is 13.9. The van der Waals surface area contributed by atoms with Crippen molar-refractivity contribution in [3.8, 4) is 0 Å². The quantitative estimate of drug-likeness (QED) is 0.862. The van der Waals surface area contributed by atoms with Gasteiger partial charge in [0.2, 0.25) is 5.91 Å². The second-order valence-corrected chi connectivity index (χ2v) is 5.87. The molecule has 0 spiro atoms. The number of rotatable bonds is 2. The van der Waals surface area contributed by atoms with Gasteiger partial charge in [0, 0.05) is 25.4 Å². The van der Waals surface area contributed by atoms with Gasteiger partial charge in [-0.2, -0.15) is 0 Å². The zero-order valence-electron chi connectivity index (χ0n) is 11.7. The van der Waals surface area contributed by atoms with Crippen LogP contribution in [0.4, 0.5) is 5.69 Å². The number of fused-ring (bicyclic) bond motifs is 1. The van der Waals surface area contributed by atoms with Crippen LogP contribution in [0.25, 0.3) is 0 Å². The molecular weight excluding hydrogens is 252 g/mol. The van der Waals surface area contributed by atoms with Crippen molar-refractivity contribution in [3.63, 3.8) is 0 Å². The van der Waals surface area contributed by atoms with Crippen molar-refractivity contribution in [2.24, 2.45) is 5.92 Å². The molecule has 2 unspecified atom stereocenters. The molecule has 2 aliphatic rings. The highest BCUT2D eigenvalue weighted by atomic mass is 16.3. The van der Waals surface area contributed by atoms with Crippen LogP contribution in [-0.2, 0) is 11.2 Å². The third-order valence-electron chi connectivity index (χ3n) is 4.44. The first-order valence-electron chi connectivity index (χ1n) is 7.52. The van der Waals surface area contributed by atoms with Crippen molar-refractivity contribution in [1.82, 2.24) is 4.90 Å². The van der Waals surface area contributed by atoms with Crippen LogP contribution >= 0.6 is 0 Å². The van der Waals surface area contributed by atoms with E-state index in [1.54, 1.807) is 0 Å². The summed E-state index contributed by atoms with van der Waals surface area (Å²) in [5, 5.41) is 12.7. The van der Waals surface area contributed by atoms with Gasteiger partial charge in [-0.3, -0.25) is 4.79 Å². The molecule has 0 bridgehead atoms. The fourth-order valence-corrected chi connectivity index (χ4v) is 3.26. The van der Waals surface area contributed by atoms with Gasteiger partial charge >= 0.3 is 0 Å². The summed E-state index contributed by atoms with van der Waals surface area (Å²) in [4.78, 5) is 14.5. The van der Waals surface area contributed by atoms with E-state index in [4.69, 9.17) is 0 Å². The summed E-state index contributed by atoms with van der Waals surface area (Å²) in [6.07, 6.45) is 3.84. The lowest BCUT2D eigenvalue weighted by molar-refractivity contribution is -0.134. The van der Waals surface area contributed by atoms with E-state index in [-0.39, 0.29) is 24.5 Å². The van der Waals surface area contributed by atoms with Crippen molar-refractivity contribution < 1.29 is 9.90 Å². The highest BCUT2D eigenvalue weighted by Crippen LogP contribution is 2.26. The maximum atomic E-state index is 12.6. The Morgan fingerprint density at radius 2 is 2.20 bits per heavy atom. The summed E-state index contributed by atoms with van der Waals surface area (Å²) < 4.78 is 0. The predicted molar refractivity (Wildman–Crippen MR) is 78.6 cm³/mol. The molecule has 1 saturated heterocycles. The van der Waals surface area contributed by atoms with Crippen LogP contribution in [-0.4, -0.2) is 41.7 Å². The van der Waals surface area contributed by atoms with Crippen LogP contribution in [0.1, 0.15) is 24.8 Å². The first kappa shape index (κ1) is 13.4. The Morgan fingerprint density at radius 3 is 3.05 bits per heavy atom. The Morgan fingerprint density at radius 1 is 1.35 bits per heavy atom. The molecule has 0 radical (unpaired) electrons. The Hall–Kier alpha value is -1.55. The first-order valence-corrected chi connectivity index (χ1v) is 7.52. The standard InChI is InChI=1S/C16H22N2O2/c19-11-12-4-3-9-18(10-12)16(20)15-8-7-13-5-1-2-6-14(13)17-15/h1-2,5-6,12,15,17,19H,3-4,7-11H2. The molecule has 0 aliphatic carbocycles. The third kappa shape index (κ3) is 2.66. The van der Waals surface area contributed by atoms with Gasteiger partial charge in [-0.1, -0.05) is 18.2 Å². The molecule has 2 aliphatic heterocycles. The van der Waals surface area contributed by atoms with Gasteiger partial charge in [0.15, 0.2) is 0 Å². The Labute approximate surface area is 119 Å². The molecule has 4 heteroatoms. The number of piperidine rings is 1. The molecule has 0 aromatic heterocycles. The van der Waals surface area contributed by atoms with E-state index in [2.05, 4.69) is 11.4 Å². The van der Waals surface area contributed by atoms with Gasteiger partial charge in [0.1, 0.15) is 6.04 Å². The van der Waals surface area contributed by atoms with Gasteiger partial charge < -0.3 is 15.3 Å². The summed E-state index contributed by atoms with van der Waals surface area (Å²) in [5.41, 5.74) is 2.39. The normalized spacial score (nSPS) is 25.8. The lowest BCUT2D eigenvalue weighted by Crippen LogP contribution is -2.48. The summed E-state index contributed by atoms with van der Waals surface area (Å²) in [6, 6.07) is 8.09. The topological polar surface area (TPSA) is 52.6 Å². The largest absolute Gasteiger partial charge is 0.396 e. The maximum absolute atomic E-state index is 12.6. The number of nitrogens with one attached hydrogen (secondary N) is 1. The van der Waals surface area contributed by atoms with E-state index in [0.717, 1.165) is 37.9 Å². The molecule has 2 atom stereocenters. The predicted octanol–water partition coefficient (Wildman–Crippen LogP) is 1.64. The molecule has 4 nitrogen and oxygen atoms in total. The van der Waals surface area contributed by atoms with E-state index < -0.39 is 0 Å². The van der Waals surface area contributed by atoms with E-state index >= 15 is 0 Å². The number of aryl methyl sites for hydroxylation is 1. The van der Waals surface area contributed by atoms with E-state index in [0.29, 0.717) is 6.54 Å². The highest BCUT2D eigenvalue weighted by Gasteiger charge is 2.30. The average molecular weight is 274 g/mol. The lowest BCUT2D eigenvalue weighted by atomic mass is 9.95. The van der Waals surface area contributed by atoms with Crippen molar-refractivity contribution in [1.29, 1.82) is 0 Å². The number of nitrogens with zero attached hydrogens (tertiary/aromatic N) is 1. The lowest BCUT2D eigenvalue weighted by Gasteiger charge is -2.36. The number of anilines is 1. The minimum atomic E-state index is -0.109. The Bertz CT molecular complexity index is 489. The summed E-state index contributed by atoms with van der Waals surface area (Å²) in [7, 11) is 0. The minimum Gasteiger partial charge on any atom is -0.396 e. The molecule has 1 fully saturated rings. The molecule has 0 saturated carbocycles. The molecule has 3 rings (SSSR count). The summed E-state index contributed by atoms with van der Waals surface area (Å²) in [6.45, 7) is 1.72. The van der Waals surface area contributed by atoms with Crippen molar-refractivity contribution in [2.45, 2.75) is 31.7 Å². The highest BCUT2D eigenvalue weighted by molar-refractivity contribution is 5.85. The number of hydrogen-bond acceptors (Lipinski definition) is 3. The molecule has 2 heterocycles. The van der Waals surface area contributed by atoms with Crippen LogP contribution in [0.2, 0.25) is 0 Å². The fraction of sp³-hybridized carbons (Fsp3) is 0.562. The zero-order valence-corrected chi connectivity index (χ0v) is 11.7. The van der Waals surface area contributed by atoms with Crippen LogP contribution in [0.5, 0.6) is 0 Å². The van der Waals surface area contributed by atoms with Crippen LogP contribution in [0, 0.1) is 5.92 Å². The number of amides is 1. The van der Waals surface area contributed by atoms with Crippen LogP contribution in [0.3, 0.4) is 0 Å². The van der Waals surface area contributed by atoms with E-state index in [1.165, 1.54) is 5.56 Å². The number of likely N-dealkylation sites (tertiary alicyclic amines) is 1. The number of benzene rings is 1. The average Bonchev–Trinajstić information content (AvgIpc) is 2.53. The van der Waals surface area contributed by atoms with E-state index in [9.17, 15) is 9.90 Å². The number of para-hydroxylation sites is 1. The number of carbonyl (C=O) groups is 1. The fourth-order valence-electron chi connectivity index (χ4n) is 3.26. The second kappa shape index (κ2) is 5.83. The molecule has 20 heavy (non-hydrogen) atoms. The second-order valence-electron chi connectivity index (χ2n) is 5.87. The van der Waals surface area contributed by atoms with Crippen LogP contribution in [0.15, 0.2) is 24.3 Å². The molecule has 1 amide bonds. The number of carbonyl (C=O) groups excluding carboxylic acids is 1. The van der Waals surface area contributed by atoms with Crippen molar-refractivity contribution in [3.05, 3.63) is 29.8 Å². The molecule has 2 N–H and O–H groups in total. The Kier molecular flexibility index (Phi) is 3.92. The van der Waals surface area contributed by atoms with Gasteiger partial charge in [-0.25, -0.2) is 0 Å². The van der Waals surface area contributed by atoms with Gasteiger partial charge in [-0.05, 0) is 43.2 Å². The monoisotopic (exact) mass is 274 g/mol. The van der Waals surface area contributed by atoms with Gasteiger partial charge in [0.05, 0.1) is 0 Å². The SMILES string of the molecule is O=C(C1CCc2ccccc2N1)N1CCCC(CO)C1. The number of aliphatic hydroxyl groups is 1.